The van der Waals surface area contributed by atoms with E-state index >= 15 is 0 Å². The highest BCUT2D eigenvalue weighted by molar-refractivity contribution is 9.08. The molecule has 0 aromatic heterocycles. The molecule has 0 saturated heterocycles. The topological polar surface area (TPSA) is 26.3 Å². The van der Waals surface area contributed by atoms with Crippen LogP contribution in [0.4, 0.5) is 0 Å². The number of carbonyl (C=O) groups is 1. The van der Waals surface area contributed by atoms with Gasteiger partial charge in [0.1, 0.15) is 5.75 Å². The van der Waals surface area contributed by atoms with Crippen LogP contribution in [0, 0.1) is 0 Å². The fourth-order valence-electron chi connectivity index (χ4n) is 1.30. The van der Waals surface area contributed by atoms with Gasteiger partial charge in [-0.25, -0.2) is 4.79 Å². The van der Waals surface area contributed by atoms with E-state index in [1.807, 2.05) is 25.1 Å². The van der Waals surface area contributed by atoms with Gasteiger partial charge in [-0.15, -0.1) is 0 Å². The van der Waals surface area contributed by atoms with E-state index in [4.69, 9.17) is 4.74 Å². The summed E-state index contributed by atoms with van der Waals surface area (Å²) >= 11 is 3.37. The molecule has 0 bridgehead atoms. The highest BCUT2D eigenvalue weighted by atomic mass is 79.9. The van der Waals surface area contributed by atoms with Gasteiger partial charge in [0, 0.05) is 17.0 Å². The molecule has 0 aliphatic carbocycles. The monoisotopic (exact) mass is 268 g/mol. The first-order chi connectivity index (χ1) is 7.22. The molecule has 0 aliphatic rings. The third-order valence-corrected chi connectivity index (χ3v) is 2.68. The number of benzene rings is 1. The minimum atomic E-state index is -0.418. The predicted octanol–water partition coefficient (Wildman–Crippen LogP) is 3.24. The standard InChI is InChI=1S/C12H13BrO2/c1-3-9-6-5-7-10(8-13)12(9)15-11(14)4-2/h4-7H,2-3,8H2,1H3. The lowest BCUT2D eigenvalue weighted by atomic mass is 10.1. The van der Waals surface area contributed by atoms with Gasteiger partial charge in [-0.3, -0.25) is 0 Å². The zero-order chi connectivity index (χ0) is 11.3. The van der Waals surface area contributed by atoms with Crippen LogP contribution in [0.3, 0.4) is 0 Å². The zero-order valence-corrected chi connectivity index (χ0v) is 10.2. The van der Waals surface area contributed by atoms with E-state index in [-0.39, 0.29) is 0 Å². The summed E-state index contributed by atoms with van der Waals surface area (Å²) in [6.45, 7) is 5.41. The number of aryl methyl sites for hydroxylation is 1. The maximum Gasteiger partial charge on any atom is 0.335 e. The van der Waals surface area contributed by atoms with Crippen LogP contribution in [0.15, 0.2) is 30.9 Å². The van der Waals surface area contributed by atoms with Crippen LogP contribution in [0.25, 0.3) is 0 Å². The second-order valence-electron chi connectivity index (χ2n) is 3.02. The highest BCUT2D eigenvalue weighted by Crippen LogP contribution is 2.26. The Balaban J connectivity index is 3.10. The van der Waals surface area contributed by atoms with E-state index in [2.05, 4.69) is 22.5 Å². The molecule has 1 rings (SSSR count). The van der Waals surface area contributed by atoms with Crippen LogP contribution < -0.4 is 4.74 Å². The van der Waals surface area contributed by atoms with Crippen LogP contribution in [-0.2, 0) is 16.5 Å². The van der Waals surface area contributed by atoms with Gasteiger partial charge in [-0.05, 0) is 12.0 Å². The van der Waals surface area contributed by atoms with Gasteiger partial charge in [-0.1, -0.05) is 47.6 Å². The SMILES string of the molecule is C=CC(=O)Oc1c(CC)cccc1CBr. The number of esters is 1. The second-order valence-corrected chi connectivity index (χ2v) is 3.58. The van der Waals surface area contributed by atoms with Crippen molar-refractivity contribution in [3.63, 3.8) is 0 Å². The molecule has 0 spiro atoms. The molecule has 0 radical (unpaired) electrons. The van der Waals surface area contributed by atoms with Crippen LogP contribution in [0.1, 0.15) is 18.1 Å². The first-order valence-electron chi connectivity index (χ1n) is 4.73. The van der Waals surface area contributed by atoms with Crippen molar-refractivity contribution >= 4 is 21.9 Å². The number of rotatable bonds is 4. The lowest BCUT2D eigenvalue weighted by molar-refractivity contribution is -0.129. The molecule has 3 heteroatoms. The van der Waals surface area contributed by atoms with Gasteiger partial charge in [0.2, 0.25) is 0 Å². The van der Waals surface area contributed by atoms with Crippen molar-refractivity contribution in [3.05, 3.63) is 42.0 Å². The van der Waals surface area contributed by atoms with Crippen LogP contribution in [-0.4, -0.2) is 5.97 Å². The van der Waals surface area contributed by atoms with Crippen molar-refractivity contribution in [1.29, 1.82) is 0 Å². The van der Waals surface area contributed by atoms with E-state index < -0.39 is 5.97 Å². The third kappa shape index (κ3) is 2.93. The average Bonchev–Trinajstić information content (AvgIpc) is 2.29. The Morgan fingerprint density at radius 2 is 2.20 bits per heavy atom. The zero-order valence-electron chi connectivity index (χ0n) is 8.63. The molecule has 2 nitrogen and oxygen atoms in total. The number of carbonyl (C=O) groups excluding carboxylic acids is 1. The summed E-state index contributed by atoms with van der Waals surface area (Å²) in [5.41, 5.74) is 2.01. The van der Waals surface area contributed by atoms with Crippen molar-refractivity contribution < 1.29 is 9.53 Å². The smallest absolute Gasteiger partial charge is 0.335 e. The van der Waals surface area contributed by atoms with Gasteiger partial charge in [-0.2, -0.15) is 0 Å². The molecule has 80 valence electrons. The summed E-state index contributed by atoms with van der Waals surface area (Å²) in [5.74, 6) is 0.236. The lowest BCUT2D eigenvalue weighted by Crippen LogP contribution is -2.07. The molecular formula is C12H13BrO2. The Morgan fingerprint density at radius 3 is 2.73 bits per heavy atom. The van der Waals surface area contributed by atoms with Gasteiger partial charge >= 0.3 is 5.97 Å². The summed E-state index contributed by atoms with van der Waals surface area (Å²) in [7, 11) is 0. The van der Waals surface area contributed by atoms with E-state index in [0.717, 1.165) is 17.5 Å². The molecule has 0 unspecified atom stereocenters. The lowest BCUT2D eigenvalue weighted by Gasteiger charge is -2.11. The number of para-hydroxylation sites is 1. The van der Waals surface area contributed by atoms with Crippen molar-refractivity contribution in [2.45, 2.75) is 18.7 Å². The Morgan fingerprint density at radius 1 is 1.53 bits per heavy atom. The molecule has 15 heavy (non-hydrogen) atoms. The number of halogens is 1. The van der Waals surface area contributed by atoms with E-state index in [0.29, 0.717) is 11.1 Å². The largest absolute Gasteiger partial charge is 0.423 e. The Kier molecular flexibility index (Phi) is 4.56. The molecule has 0 fully saturated rings. The summed E-state index contributed by atoms with van der Waals surface area (Å²) in [6.07, 6.45) is 2.01. The minimum absolute atomic E-state index is 0.418. The molecule has 0 N–H and O–H groups in total. The Hall–Kier alpha value is -1.09. The van der Waals surface area contributed by atoms with Crippen molar-refractivity contribution in [3.8, 4) is 5.75 Å². The molecule has 0 heterocycles. The van der Waals surface area contributed by atoms with Gasteiger partial charge in [0.15, 0.2) is 0 Å². The van der Waals surface area contributed by atoms with Crippen LogP contribution in [0.5, 0.6) is 5.75 Å². The van der Waals surface area contributed by atoms with Crippen molar-refractivity contribution in [2.24, 2.45) is 0 Å². The number of hydrogen-bond donors (Lipinski definition) is 0. The predicted molar refractivity (Wildman–Crippen MR) is 64.3 cm³/mol. The van der Waals surface area contributed by atoms with Crippen molar-refractivity contribution in [1.82, 2.24) is 0 Å². The van der Waals surface area contributed by atoms with E-state index in [1.165, 1.54) is 6.08 Å². The maximum absolute atomic E-state index is 11.2. The van der Waals surface area contributed by atoms with Gasteiger partial charge in [0.25, 0.3) is 0 Å². The molecule has 1 aromatic carbocycles. The summed E-state index contributed by atoms with van der Waals surface area (Å²) in [6, 6.07) is 5.85. The second kappa shape index (κ2) is 5.71. The summed E-state index contributed by atoms with van der Waals surface area (Å²) < 4.78 is 5.22. The minimum Gasteiger partial charge on any atom is -0.423 e. The Bertz CT molecular complexity index is 350. The van der Waals surface area contributed by atoms with Crippen LogP contribution in [0.2, 0.25) is 0 Å². The fraction of sp³-hybridized carbons (Fsp3) is 0.250. The molecule has 0 amide bonds. The third-order valence-electron chi connectivity index (χ3n) is 2.07. The van der Waals surface area contributed by atoms with Gasteiger partial charge in [0.05, 0.1) is 0 Å². The Labute approximate surface area is 98.1 Å². The molecule has 0 saturated carbocycles. The fourth-order valence-corrected chi connectivity index (χ4v) is 1.74. The summed E-state index contributed by atoms with van der Waals surface area (Å²) in [5, 5.41) is 0.667. The quantitative estimate of drug-likeness (QED) is 0.363. The number of hydrogen-bond acceptors (Lipinski definition) is 2. The molecule has 0 aliphatic heterocycles. The normalized spacial score (nSPS) is 9.73. The number of alkyl halides is 1. The molecule has 0 atom stereocenters. The van der Waals surface area contributed by atoms with Gasteiger partial charge < -0.3 is 4.74 Å². The summed E-state index contributed by atoms with van der Waals surface area (Å²) in [4.78, 5) is 11.2. The van der Waals surface area contributed by atoms with E-state index in [9.17, 15) is 4.79 Å². The first kappa shape index (κ1) is 12.0. The van der Waals surface area contributed by atoms with Crippen molar-refractivity contribution in [2.75, 3.05) is 0 Å². The number of ether oxygens (including phenoxy) is 1. The first-order valence-corrected chi connectivity index (χ1v) is 5.86. The average molecular weight is 269 g/mol. The highest BCUT2D eigenvalue weighted by Gasteiger charge is 2.10. The maximum atomic E-state index is 11.2. The van der Waals surface area contributed by atoms with E-state index in [1.54, 1.807) is 0 Å². The van der Waals surface area contributed by atoms with Crippen LogP contribution >= 0.6 is 15.9 Å². The molecular weight excluding hydrogens is 256 g/mol. The molecule has 1 aromatic rings.